The van der Waals surface area contributed by atoms with E-state index in [-0.39, 0.29) is 12.6 Å². The molecule has 0 saturated carbocycles. The molecule has 1 amide bonds. The van der Waals surface area contributed by atoms with Gasteiger partial charge in [-0.3, -0.25) is 14.0 Å². The van der Waals surface area contributed by atoms with Crippen molar-refractivity contribution in [3.05, 3.63) is 106 Å². The van der Waals surface area contributed by atoms with Crippen LogP contribution in [-0.2, 0) is 10.1 Å². The van der Waals surface area contributed by atoms with Crippen molar-refractivity contribution in [1.29, 1.82) is 0 Å². The van der Waals surface area contributed by atoms with Crippen LogP contribution in [0.5, 0.6) is 5.75 Å². The molecular formula is C31H27Cl2N3O5S. The predicted octanol–water partition coefficient (Wildman–Crippen LogP) is 6.91. The Bertz CT molecular complexity index is 1850. The molecule has 0 fully saturated rings. The van der Waals surface area contributed by atoms with Gasteiger partial charge in [-0.2, -0.15) is 13.5 Å². The monoisotopic (exact) mass is 623 g/mol. The Balaban J connectivity index is 1.53. The first-order chi connectivity index (χ1) is 20.0. The maximum Gasteiger partial charge on any atom is 0.266 e. The SMILES string of the molecule is COc1ccc(-c2ccc3c(-c4cc(Cl)cc(Cl)c4)nn([C@@H](C)c4ccc(C(=O)NCCS(=O)(=O)O)cc4)c3c2)cc1. The summed E-state index contributed by atoms with van der Waals surface area (Å²) in [6, 6.07) is 26.1. The van der Waals surface area contributed by atoms with Gasteiger partial charge in [-0.05, 0) is 78.2 Å². The highest BCUT2D eigenvalue weighted by molar-refractivity contribution is 7.85. The van der Waals surface area contributed by atoms with Gasteiger partial charge in [0.2, 0.25) is 0 Å². The topological polar surface area (TPSA) is 111 Å². The van der Waals surface area contributed by atoms with Crippen LogP contribution in [-0.4, -0.2) is 48.1 Å². The van der Waals surface area contributed by atoms with E-state index in [0.29, 0.717) is 15.6 Å². The molecule has 0 aliphatic heterocycles. The number of aromatic nitrogens is 2. The molecule has 0 radical (unpaired) electrons. The molecule has 2 N–H and O–H groups in total. The predicted molar refractivity (Wildman–Crippen MR) is 166 cm³/mol. The van der Waals surface area contributed by atoms with Gasteiger partial charge < -0.3 is 10.1 Å². The van der Waals surface area contributed by atoms with Crippen molar-refractivity contribution in [2.75, 3.05) is 19.4 Å². The molecule has 5 aromatic rings. The third-order valence-corrected chi connectivity index (χ3v) is 8.09. The van der Waals surface area contributed by atoms with E-state index in [0.717, 1.165) is 44.6 Å². The molecule has 8 nitrogen and oxygen atoms in total. The summed E-state index contributed by atoms with van der Waals surface area (Å²) >= 11 is 12.7. The van der Waals surface area contributed by atoms with Gasteiger partial charge in [-0.25, -0.2) is 0 Å². The number of carbonyl (C=O) groups excluding carboxylic acids is 1. The first kappa shape index (κ1) is 29.6. The zero-order chi connectivity index (χ0) is 30.0. The standard InChI is InChI=1S/C31H27Cl2N3O5S/c1-19(20-3-5-22(6-4-20)31(37)34-13-14-42(38,39)40)36-29-17-23(21-7-10-27(41-2)11-8-21)9-12-28(29)30(35-36)24-15-25(32)18-26(33)16-24/h3-12,15-19H,13-14H2,1-2H3,(H,34,37)(H,38,39,40)/t19-/m0/s1. The van der Waals surface area contributed by atoms with Crippen molar-refractivity contribution in [3.63, 3.8) is 0 Å². The summed E-state index contributed by atoms with van der Waals surface area (Å²) in [6.45, 7) is 1.82. The Kier molecular flexibility index (Phi) is 8.56. The van der Waals surface area contributed by atoms with Crippen LogP contribution in [0.25, 0.3) is 33.3 Å². The van der Waals surface area contributed by atoms with Gasteiger partial charge in [-0.15, -0.1) is 0 Å². The van der Waals surface area contributed by atoms with E-state index in [1.165, 1.54) is 0 Å². The molecule has 0 unspecified atom stereocenters. The van der Waals surface area contributed by atoms with Gasteiger partial charge in [0.15, 0.2) is 0 Å². The number of hydrogen-bond donors (Lipinski definition) is 2. The molecule has 11 heteroatoms. The number of amides is 1. The average molecular weight is 625 g/mol. The summed E-state index contributed by atoms with van der Waals surface area (Å²) in [5.74, 6) is -0.223. The third kappa shape index (κ3) is 6.60. The Morgan fingerprint density at radius 3 is 2.19 bits per heavy atom. The molecular weight excluding hydrogens is 597 g/mol. The van der Waals surface area contributed by atoms with Crippen LogP contribution in [0, 0.1) is 0 Å². The van der Waals surface area contributed by atoms with E-state index < -0.39 is 21.8 Å². The molecule has 216 valence electrons. The molecule has 1 aromatic heterocycles. The number of nitrogens with one attached hydrogen (secondary N) is 1. The molecule has 5 rings (SSSR count). The number of ether oxygens (including phenoxy) is 1. The molecule has 0 saturated heterocycles. The van der Waals surface area contributed by atoms with E-state index in [1.54, 1.807) is 25.3 Å². The summed E-state index contributed by atoms with van der Waals surface area (Å²) in [6.07, 6.45) is 0. The van der Waals surface area contributed by atoms with E-state index >= 15 is 0 Å². The molecule has 0 aliphatic rings. The smallest absolute Gasteiger partial charge is 0.266 e. The van der Waals surface area contributed by atoms with Crippen LogP contribution in [0.4, 0.5) is 0 Å². The number of halogens is 2. The van der Waals surface area contributed by atoms with Crippen molar-refractivity contribution in [3.8, 4) is 28.1 Å². The Labute approximate surface area is 253 Å². The fourth-order valence-electron chi connectivity index (χ4n) is 4.75. The van der Waals surface area contributed by atoms with E-state index in [4.69, 9.17) is 37.6 Å². The highest BCUT2D eigenvalue weighted by atomic mass is 35.5. The van der Waals surface area contributed by atoms with Gasteiger partial charge in [0, 0.05) is 33.1 Å². The molecule has 42 heavy (non-hydrogen) atoms. The molecule has 1 atom stereocenters. The minimum absolute atomic E-state index is 0.193. The van der Waals surface area contributed by atoms with Gasteiger partial charge in [0.1, 0.15) is 11.4 Å². The van der Waals surface area contributed by atoms with Gasteiger partial charge in [-0.1, -0.05) is 53.5 Å². The Morgan fingerprint density at radius 2 is 1.57 bits per heavy atom. The number of fused-ring (bicyclic) bond motifs is 1. The third-order valence-electron chi connectivity index (χ3n) is 6.93. The maximum absolute atomic E-state index is 12.4. The van der Waals surface area contributed by atoms with Crippen molar-refractivity contribution in [2.24, 2.45) is 0 Å². The molecule has 0 aliphatic carbocycles. The second-order valence-electron chi connectivity index (χ2n) is 9.75. The van der Waals surface area contributed by atoms with E-state index in [1.807, 2.05) is 72.3 Å². The maximum atomic E-state index is 12.4. The van der Waals surface area contributed by atoms with Crippen molar-refractivity contribution in [1.82, 2.24) is 15.1 Å². The zero-order valence-corrected chi connectivity index (χ0v) is 25.0. The summed E-state index contributed by atoms with van der Waals surface area (Å²) in [4.78, 5) is 12.4. The Morgan fingerprint density at radius 1 is 0.929 bits per heavy atom. The number of hydrogen-bond acceptors (Lipinski definition) is 5. The minimum atomic E-state index is -4.16. The van der Waals surface area contributed by atoms with E-state index in [2.05, 4.69) is 11.4 Å². The summed E-state index contributed by atoms with van der Waals surface area (Å²) in [5, 5.41) is 9.45. The molecule has 4 aromatic carbocycles. The highest BCUT2D eigenvalue weighted by Crippen LogP contribution is 2.36. The van der Waals surface area contributed by atoms with Gasteiger partial charge in [0.05, 0.1) is 24.4 Å². The molecule has 0 bridgehead atoms. The number of rotatable bonds is 9. The largest absolute Gasteiger partial charge is 0.497 e. The van der Waals surface area contributed by atoms with Crippen LogP contribution in [0.2, 0.25) is 10.0 Å². The summed E-state index contributed by atoms with van der Waals surface area (Å²) in [5.41, 5.74) is 5.71. The molecule has 1 heterocycles. The van der Waals surface area contributed by atoms with Crippen LogP contribution in [0.1, 0.15) is 28.9 Å². The van der Waals surface area contributed by atoms with E-state index in [9.17, 15) is 13.2 Å². The van der Waals surface area contributed by atoms with Crippen LogP contribution in [0.3, 0.4) is 0 Å². The van der Waals surface area contributed by atoms with Crippen LogP contribution in [0.15, 0.2) is 84.9 Å². The Hall–Kier alpha value is -3.89. The van der Waals surface area contributed by atoms with Crippen LogP contribution >= 0.6 is 23.2 Å². The first-order valence-electron chi connectivity index (χ1n) is 13.0. The quantitative estimate of drug-likeness (QED) is 0.173. The fraction of sp³-hybridized carbons (Fsp3) is 0.161. The zero-order valence-electron chi connectivity index (χ0n) is 22.7. The normalized spacial score (nSPS) is 12.3. The highest BCUT2D eigenvalue weighted by Gasteiger charge is 2.20. The summed E-state index contributed by atoms with van der Waals surface area (Å²) in [7, 11) is -2.53. The first-order valence-corrected chi connectivity index (χ1v) is 15.4. The fourth-order valence-corrected chi connectivity index (χ4v) is 5.63. The lowest BCUT2D eigenvalue weighted by Crippen LogP contribution is -2.28. The minimum Gasteiger partial charge on any atom is -0.497 e. The number of methoxy groups -OCH3 is 1. The van der Waals surface area contributed by atoms with Gasteiger partial charge >= 0.3 is 0 Å². The lowest BCUT2D eigenvalue weighted by molar-refractivity contribution is 0.0956. The van der Waals surface area contributed by atoms with Crippen molar-refractivity contribution in [2.45, 2.75) is 13.0 Å². The van der Waals surface area contributed by atoms with Gasteiger partial charge in [0.25, 0.3) is 16.0 Å². The number of nitrogens with zero attached hydrogens (tertiary/aromatic N) is 2. The number of benzene rings is 4. The second kappa shape index (κ2) is 12.1. The second-order valence-corrected chi connectivity index (χ2v) is 12.2. The van der Waals surface area contributed by atoms with Crippen molar-refractivity contribution >= 4 is 50.1 Å². The number of carbonyl (C=O) groups is 1. The van der Waals surface area contributed by atoms with Crippen molar-refractivity contribution < 1.29 is 22.5 Å². The molecule has 0 spiro atoms. The lowest BCUT2D eigenvalue weighted by Gasteiger charge is -2.15. The summed E-state index contributed by atoms with van der Waals surface area (Å²) < 4.78 is 38.0. The average Bonchev–Trinajstić information content (AvgIpc) is 3.35. The lowest BCUT2D eigenvalue weighted by atomic mass is 10.0. The van der Waals surface area contributed by atoms with Crippen LogP contribution < -0.4 is 10.1 Å².